The van der Waals surface area contributed by atoms with Crippen molar-refractivity contribution in [2.75, 3.05) is 24.4 Å². The van der Waals surface area contributed by atoms with Gasteiger partial charge in [-0.2, -0.15) is 0 Å². The maximum Gasteiger partial charge on any atom is 0.236 e. The van der Waals surface area contributed by atoms with Crippen LogP contribution >= 0.6 is 0 Å². The van der Waals surface area contributed by atoms with E-state index in [1.165, 1.54) is 55.8 Å². The molecule has 140 valence electrons. The number of hydrogen-bond acceptors (Lipinski definition) is 3. The summed E-state index contributed by atoms with van der Waals surface area (Å²) in [5, 5.41) is 0. The molecule has 3 rings (SSSR count). The summed E-state index contributed by atoms with van der Waals surface area (Å²) in [5.41, 5.74) is 2.32. The van der Waals surface area contributed by atoms with Crippen LogP contribution in [0, 0.1) is 5.82 Å². The van der Waals surface area contributed by atoms with E-state index in [4.69, 9.17) is 0 Å². The smallest absolute Gasteiger partial charge is 0.236 e. The first-order chi connectivity index (χ1) is 12.5. The zero-order chi connectivity index (χ0) is 18.4. The fraction of sp³-hybridized carbons (Fsp3) is 0.400. The van der Waals surface area contributed by atoms with Gasteiger partial charge < -0.3 is 4.90 Å². The number of sulfonamides is 1. The Morgan fingerprint density at radius 3 is 2.19 bits per heavy atom. The van der Waals surface area contributed by atoms with Crippen LogP contribution in [-0.2, 0) is 22.2 Å². The number of rotatable bonds is 8. The highest BCUT2D eigenvalue weighted by molar-refractivity contribution is 7.91. The van der Waals surface area contributed by atoms with Gasteiger partial charge >= 0.3 is 0 Å². The zero-order valence-corrected chi connectivity index (χ0v) is 15.6. The summed E-state index contributed by atoms with van der Waals surface area (Å²) in [6.45, 7) is 3.57. The average Bonchev–Trinajstić information content (AvgIpc) is 3.11. The molecule has 0 atom stereocenters. The minimum absolute atomic E-state index is 0.176. The van der Waals surface area contributed by atoms with Crippen molar-refractivity contribution in [2.45, 2.75) is 31.4 Å². The number of nitrogens with one attached hydrogen (secondary N) is 1. The van der Waals surface area contributed by atoms with Crippen molar-refractivity contribution in [3.63, 3.8) is 0 Å². The molecule has 2 aromatic carbocycles. The largest absolute Gasteiger partial charge is 0.303 e. The topological polar surface area (TPSA) is 49.4 Å². The Bertz CT molecular complexity index is 799. The van der Waals surface area contributed by atoms with E-state index >= 15 is 0 Å². The van der Waals surface area contributed by atoms with Gasteiger partial charge in [0.25, 0.3) is 0 Å². The third-order valence-corrected chi connectivity index (χ3v) is 5.90. The van der Waals surface area contributed by atoms with E-state index in [0.717, 1.165) is 19.4 Å². The van der Waals surface area contributed by atoms with Crippen LogP contribution in [0.5, 0.6) is 0 Å². The predicted molar refractivity (Wildman–Crippen MR) is 103 cm³/mol. The fourth-order valence-corrected chi connectivity index (χ4v) is 4.47. The maximum absolute atomic E-state index is 12.9. The molecule has 0 amide bonds. The highest BCUT2D eigenvalue weighted by Gasteiger charge is 2.12. The van der Waals surface area contributed by atoms with Crippen LogP contribution < -0.4 is 4.72 Å². The highest BCUT2D eigenvalue weighted by Crippen LogP contribution is 2.16. The minimum atomic E-state index is -3.52. The second kappa shape index (κ2) is 8.64. The van der Waals surface area contributed by atoms with E-state index in [1.807, 2.05) is 12.1 Å². The summed E-state index contributed by atoms with van der Waals surface area (Å²) in [5.74, 6) is -0.551. The quantitative estimate of drug-likeness (QED) is 0.762. The number of nitrogens with zero attached hydrogens (tertiary/aromatic N) is 1. The molecule has 4 nitrogen and oxygen atoms in total. The first-order valence-electron chi connectivity index (χ1n) is 9.06. The van der Waals surface area contributed by atoms with Gasteiger partial charge in [0.15, 0.2) is 0 Å². The van der Waals surface area contributed by atoms with Gasteiger partial charge in [-0.15, -0.1) is 0 Å². The molecule has 6 heteroatoms. The van der Waals surface area contributed by atoms with Gasteiger partial charge in [-0.3, -0.25) is 4.72 Å². The maximum atomic E-state index is 12.9. The van der Waals surface area contributed by atoms with Gasteiger partial charge in [-0.1, -0.05) is 24.3 Å². The average molecular weight is 376 g/mol. The van der Waals surface area contributed by atoms with Crippen molar-refractivity contribution in [3.8, 4) is 0 Å². The molecule has 0 bridgehead atoms. The van der Waals surface area contributed by atoms with Crippen LogP contribution in [-0.4, -0.2) is 33.0 Å². The standard InChI is InChI=1S/C20H25FN2O2S/c21-19-9-5-18(6-10-19)16-26(24,25)22-20-11-7-17(8-12-20)4-3-15-23-13-1-2-14-23/h5-12,22H,1-4,13-16H2. The molecule has 26 heavy (non-hydrogen) atoms. The Morgan fingerprint density at radius 1 is 0.923 bits per heavy atom. The van der Waals surface area contributed by atoms with Crippen molar-refractivity contribution >= 4 is 15.7 Å². The molecule has 1 heterocycles. The second-order valence-corrected chi connectivity index (χ2v) is 8.56. The molecule has 1 aliphatic heterocycles. The molecule has 0 unspecified atom stereocenters. The predicted octanol–water partition coefficient (Wildman–Crippen LogP) is 3.80. The SMILES string of the molecule is O=S(=O)(Cc1ccc(F)cc1)Nc1ccc(CCCN2CCCC2)cc1. The zero-order valence-electron chi connectivity index (χ0n) is 14.8. The van der Waals surface area contributed by atoms with Gasteiger partial charge in [-0.25, -0.2) is 12.8 Å². The number of hydrogen-bond donors (Lipinski definition) is 1. The molecule has 0 radical (unpaired) electrons. The molecule has 1 saturated heterocycles. The number of aryl methyl sites for hydroxylation is 1. The highest BCUT2D eigenvalue weighted by atomic mass is 32.2. The van der Waals surface area contributed by atoms with E-state index < -0.39 is 10.0 Å². The monoisotopic (exact) mass is 376 g/mol. The van der Waals surface area contributed by atoms with Crippen LogP contribution in [0.1, 0.15) is 30.4 Å². The lowest BCUT2D eigenvalue weighted by Gasteiger charge is -2.14. The summed E-state index contributed by atoms with van der Waals surface area (Å²) < 4.78 is 40.0. The third kappa shape index (κ3) is 5.81. The number of benzene rings is 2. The normalized spacial score (nSPS) is 15.3. The lowest BCUT2D eigenvalue weighted by molar-refractivity contribution is 0.334. The van der Waals surface area contributed by atoms with Crippen LogP contribution in [0.25, 0.3) is 0 Å². The van der Waals surface area contributed by atoms with Gasteiger partial charge in [0.05, 0.1) is 5.75 Å². The Morgan fingerprint density at radius 2 is 1.54 bits per heavy atom. The first kappa shape index (κ1) is 18.9. The van der Waals surface area contributed by atoms with Crippen molar-refractivity contribution in [1.29, 1.82) is 0 Å². The Labute approximate surface area is 155 Å². The lowest BCUT2D eigenvalue weighted by atomic mass is 10.1. The fourth-order valence-electron chi connectivity index (χ4n) is 3.27. The summed E-state index contributed by atoms with van der Waals surface area (Å²) in [4.78, 5) is 2.50. The lowest BCUT2D eigenvalue weighted by Crippen LogP contribution is -2.20. The summed E-state index contributed by atoms with van der Waals surface area (Å²) in [7, 11) is -3.52. The van der Waals surface area contributed by atoms with E-state index in [1.54, 1.807) is 12.1 Å². The number of anilines is 1. The minimum Gasteiger partial charge on any atom is -0.303 e. The van der Waals surface area contributed by atoms with Crippen LogP contribution in [0.3, 0.4) is 0 Å². The van der Waals surface area contributed by atoms with Crippen LogP contribution in [0.15, 0.2) is 48.5 Å². The van der Waals surface area contributed by atoms with Crippen LogP contribution in [0.4, 0.5) is 10.1 Å². The van der Waals surface area contributed by atoms with Crippen molar-refractivity contribution in [1.82, 2.24) is 4.90 Å². The Hall–Kier alpha value is -1.92. The molecule has 1 N–H and O–H groups in total. The molecule has 1 aliphatic rings. The first-order valence-corrected chi connectivity index (χ1v) is 10.7. The molecule has 2 aromatic rings. The molecule has 0 aliphatic carbocycles. The van der Waals surface area contributed by atoms with Crippen molar-refractivity contribution in [2.24, 2.45) is 0 Å². The van der Waals surface area contributed by atoms with E-state index in [0.29, 0.717) is 11.3 Å². The summed E-state index contributed by atoms with van der Waals surface area (Å²) in [6, 6.07) is 13.0. The summed E-state index contributed by atoms with van der Waals surface area (Å²) >= 11 is 0. The van der Waals surface area contributed by atoms with Crippen molar-refractivity contribution in [3.05, 3.63) is 65.5 Å². The Balaban J connectivity index is 1.50. The van der Waals surface area contributed by atoms with E-state index in [9.17, 15) is 12.8 Å². The van der Waals surface area contributed by atoms with Crippen molar-refractivity contribution < 1.29 is 12.8 Å². The van der Waals surface area contributed by atoms with Gasteiger partial charge in [-0.05, 0) is 80.7 Å². The Kier molecular flexibility index (Phi) is 6.27. The molecule has 1 fully saturated rings. The second-order valence-electron chi connectivity index (χ2n) is 6.84. The van der Waals surface area contributed by atoms with Gasteiger partial charge in [0.2, 0.25) is 10.0 Å². The number of halogens is 1. The van der Waals surface area contributed by atoms with Gasteiger partial charge in [0.1, 0.15) is 5.82 Å². The number of likely N-dealkylation sites (tertiary alicyclic amines) is 1. The third-order valence-electron chi connectivity index (χ3n) is 4.64. The molecule has 0 aromatic heterocycles. The molecular formula is C20H25FN2O2S. The molecule has 0 spiro atoms. The van der Waals surface area contributed by atoms with Gasteiger partial charge in [0, 0.05) is 5.69 Å². The van der Waals surface area contributed by atoms with Crippen LogP contribution in [0.2, 0.25) is 0 Å². The van der Waals surface area contributed by atoms with E-state index in [2.05, 4.69) is 9.62 Å². The molecule has 0 saturated carbocycles. The van der Waals surface area contributed by atoms with E-state index in [-0.39, 0.29) is 11.6 Å². The molecular weight excluding hydrogens is 351 g/mol. The summed E-state index contributed by atoms with van der Waals surface area (Å²) in [6.07, 6.45) is 4.74.